The SMILES string of the molecule is Cc1cnc(Nc2cc(C[C@H]3CCCN(C(=O)/C=C/c4ccnn4C)C3)ncn2)s1. The van der Waals surface area contributed by atoms with Crippen molar-refractivity contribution in [2.75, 3.05) is 18.4 Å². The molecule has 1 atom stereocenters. The number of piperidine rings is 1. The van der Waals surface area contributed by atoms with Gasteiger partial charge >= 0.3 is 0 Å². The fraction of sp³-hybridized carbons (Fsp3) is 0.381. The van der Waals surface area contributed by atoms with Gasteiger partial charge in [-0.05, 0) is 44.2 Å². The molecule has 0 aliphatic carbocycles. The van der Waals surface area contributed by atoms with E-state index in [1.807, 2.05) is 43.3 Å². The average molecular weight is 424 g/mol. The van der Waals surface area contributed by atoms with Crippen LogP contribution in [0.2, 0.25) is 0 Å². The zero-order valence-corrected chi connectivity index (χ0v) is 18.0. The number of aryl methyl sites for hydroxylation is 2. The van der Waals surface area contributed by atoms with Crippen LogP contribution >= 0.6 is 11.3 Å². The number of amides is 1. The van der Waals surface area contributed by atoms with Crippen molar-refractivity contribution in [2.45, 2.75) is 26.2 Å². The van der Waals surface area contributed by atoms with E-state index in [1.165, 1.54) is 0 Å². The molecule has 8 nitrogen and oxygen atoms in total. The molecule has 4 rings (SSSR count). The van der Waals surface area contributed by atoms with Crippen LogP contribution in [0.15, 0.2) is 36.9 Å². The standard InChI is InChI=1S/C21H25N7OS/c1-15-12-22-21(30-15)26-19-11-17(23-14-24-19)10-16-4-3-9-28(13-16)20(29)6-5-18-7-8-25-27(18)2/h5-8,11-12,14,16H,3-4,9-10,13H2,1-2H3,(H,22,23,24,26)/b6-5+/t16-/m1/s1. The Morgan fingerprint density at radius 1 is 1.37 bits per heavy atom. The zero-order valence-electron chi connectivity index (χ0n) is 17.2. The van der Waals surface area contributed by atoms with E-state index in [0.29, 0.717) is 5.92 Å². The molecule has 0 saturated carbocycles. The molecule has 4 heterocycles. The van der Waals surface area contributed by atoms with Gasteiger partial charge in [-0.2, -0.15) is 5.10 Å². The van der Waals surface area contributed by atoms with E-state index in [4.69, 9.17) is 0 Å². The minimum absolute atomic E-state index is 0.0464. The minimum Gasteiger partial charge on any atom is -0.339 e. The summed E-state index contributed by atoms with van der Waals surface area (Å²) in [4.78, 5) is 28.8. The van der Waals surface area contributed by atoms with Crippen LogP contribution in [0.1, 0.15) is 29.1 Å². The molecule has 1 saturated heterocycles. The summed E-state index contributed by atoms with van der Waals surface area (Å²) in [7, 11) is 1.86. The highest BCUT2D eigenvalue weighted by atomic mass is 32.1. The predicted octanol–water partition coefficient (Wildman–Crippen LogP) is 3.21. The van der Waals surface area contributed by atoms with Gasteiger partial charge in [-0.25, -0.2) is 15.0 Å². The van der Waals surface area contributed by atoms with Crippen molar-refractivity contribution in [1.29, 1.82) is 0 Å². The monoisotopic (exact) mass is 423 g/mol. The Balaban J connectivity index is 1.35. The first-order chi connectivity index (χ1) is 14.6. The van der Waals surface area contributed by atoms with Gasteiger partial charge in [-0.3, -0.25) is 9.48 Å². The summed E-state index contributed by atoms with van der Waals surface area (Å²) < 4.78 is 1.75. The molecule has 9 heteroatoms. The first kappa shape index (κ1) is 20.2. The van der Waals surface area contributed by atoms with Crippen molar-refractivity contribution in [3.05, 3.63) is 53.2 Å². The Morgan fingerprint density at radius 3 is 3.03 bits per heavy atom. The van der Waals surface area contributed by atoms with Gasteiger partial charge in [0.2, 0.25) is 5.91 Å². The largest absolute Gasteiger partial charge is 0.339 e. The molecule has 1 fully saturated rings. The lowest BCUT2D eigenvalue weighted by molar-refractivity contribution is -0.127. The Hall–Kier alpha value is -3.07. The summed E-state index contributed by atoms with van der Waals surface area (Å²) in [5.41, 5.74) is 1.89. The molecule has 0 bridgehead atoms. The van der Waals surface area contributed by atoms with Crippen molar-refractivity contribution < 1.29 is 4.79 Å². The van der Waals surface area contributed by atoms with Gasteiger partial charge in [0.1, 0.15) is 12.1 Å². The van der Waals surface area contributed by atoms with Crippen LogP contribution in [0.3, 0.4) is 0 Å². The lowest BCUT2D eigenvalue weighted by Gasteiger charge is -2.32. The molecule has 0 radical (unpaired) electrons. The van der Waals surface area contributed by atoms with Crippen LogP contribution in [0.25, 0.3) is 6.08 Å². The van der Waals surface area contributed by atoms with Crippen LogP contribution in [-0.2, 0) is 18.3 Å². The number of hydrogen-bond donors (Lipinski definition) is 1. The molecule has 1 aliphatic rings. The Morgan fingerprint density at radius 2 is 2.27 bits per heavy atom. The van der Waals surface area contributed by atoms with Crippen LogP contribution < -0.4 is 5.32 Å². The molecule has 3 aromatic rings. The van der Waals surface area contributed by atoms with E-state index in [0.717, 1.165) is 59.6 Å². The highest BCUT2D eigenvalue weighted by molar-refractivity contribution is 7.15. The number of nitrogens with zero attached hydrogens (tertiary/aromatic N) is 6. The molecule has 0 spiro atoms. The molecule has 156 valence electrons. The first-order valence-electron chi connectivity index (χ1n) is 10.0. The third-order valence-corrected chi connectivity index (χ3v) is 5.99. The molecule has 0 aromatic carbocycles. The van der Waals surface area contributed by atoms with Crippen molar-refractivity contribution in [1.82, 2.24) is 29.6 Å². The number of carbonyl (C=O) groups excluding carboxylic acids is 1. The van der Waals surface area contributed by atoms with E-state index in [-0.39, 0.29) is 5.91 Å². The number of hydrogen-bond acceptors (Lipinski definition) is 7. The lowest BCUT2D eigenvalue weighted by atomic mass is 9.93. The fourth-order valence-corrected chi connectivity index (χ4v) is 4.31. The number of anilines is 2. The van der Waals surface area contributed by atoms with E-state index < -0.39 is 0 Å². The molecule has 30 heavy (non-hydrogen) atoms. The smallest absolute Gasteiger partial charge is 0.246 e. The topological polar surface area (TPSA) is 88.8 Å². The van der Waals surface area contributed by atoms with Crippen LogP contribution in [0.4, 0.5) is 10.9 Å². The Kier molecular flexibility index (Phi) is 6.18. The quantitative estimate of drug-likeness (QED) is 0.613. The van der Waals surface area contributed by atoms with Gasteiger partial charge in [0.15, 0.2) is 5.13 Å². The maximum absolute atomic E-state index is 12.6. The van der Waals surface area contributed by atoms with E-state index in [1.54, 1.807) is 34.6 Å². The van der Waals surface area contributed by atoms with Crippen molar-refractivity contribution in [3.8, 4) is 0 Å². The molecule has 1 aliphatic heterocycles. The van der Waals surface area contributed by atoms with Gasteiger partial charge in [0.05, 0.1) is 5.69 Å². The zero-order chi connectivity index (χ0) is 20.9. The summed E-state index contributed by atoms with van der Waals surface area (Å²) in [6, 6.07) is 3.86. The summed E-state index contributed by atoms with van der Waals surface area (Å²) in [5, 5.41) is 8.19. The predicted molar refractivity (Wildman–Crippen MR) is 117 cm³/mol. The Bertz CT molecular complexity index is 1040. The average Bonchev–Trinajstić information content (AvgIpc) is 3.34. The molecule has 0 unspecified atom stereocenters. The minimum atomic E-state index is 0.0464. The van der Waals surface area contributed by atoms with Crippen LogP contribution in [0.5, 0.6) is 0 Å². The second-order valence-electron chi connectivity index (χ2n) is 7.51. The third-order valence-electron chi connectivity index (χ3n) is 5.16. The molecule has 3 aromatic heterocycles. The molecule has 1 amide bonds. The fourth-order valence-electron chi connectivity index (χ4n) is 3.64. The third kappa shape index (κ3) is 5.10. The first-order valence-corrected chi connectivity index (χ1v) is 10.8. The van der Waals surface area contributed by atoms with E-state index >= 15 is 0 Å². The maximum Gasteiger partial charge on any atom is 0.246 e. The van der Waals surface area contributed by atoms with Crippen LogP contribution in [-0.4, -0.2) is 48.6 Å². The second-order valence-corrected chi connectivity index (χ2v) is 8.74. The van der Waals surface area contributed by atoms with Crippen molar-refractivity contribution in [2.24, 2.45) is 13.0 Å². The number of rotatable bonds is 6. The number of likely N-dealkylation sites (tertiary alicyclic amines) is 1. The summed E-state index contributed by atoms with van der Waals surface area (Å²) in [5.74, 6) is 1.18. The lowest BCUT2D eigenvalue weighted by Crippen LogP contribution is -2.39. The second kappa shape index (κ2) is 9.17. The van der Waals surface area contributed by atoms with Gasteiger partial charge in [-0.1, -0.05) is 0 Å². The normalized spacial score (nSPS) is 16.9. The van der Waals surface area contributed by atoms with E-state index in [9.17, 15) is 4.79 Å². The van der Waals surface area contributed by atoms with E-state index in [2.05, 4.69) is 25.4 Å². The molecular formula is C21H25N7OS. The van der Waals surface area contributed by atoms with Gasteiger partial charge in [0, 0.05) is 55.2 Å². The number of thiazole rings is 1. The summed E-state index contributed by atoms with van der Waals surface area (Å²) >= 11 is 1.59. The Labute approximate surface area is 179 Å². The molecule has 1 N–H and O–H groups in total. The molecular weight excluding hydrogens is 398 g/mol. The van der Waals surface area contributed by atoms with Crippen molar-refractivity contribution in [3.63, 3.8) is 0 Å². The number of aromatic nitrogens is 5. The van der Waals surface area contributed by atoms with Gasteiger partial charge in [0.25, 0.3) is 0 Å². The van der Waals surface area contributed by atoms with Crippen LogP contribution in [0, 0.1) is 12.8 Å². The number of nitrogens with one attached hydrogen (secondary N) is 1. The summed E-state index contributed by atoms with van der Waals surface area (Å²) in [6.45, 7) is 3.56. The summed E-state index contributed by atoms with van der Waals surface area (Å²) in [6.07, 6.45) is 11.5. The van der Waals surface area contributed by atoms with Gasteiger partial charge < -0.3 is 10.2 Å². The highest BCUT2D eigenvalue weighted by Crippen LogP contribution is 2.23. The highest BCUT2D eigenvalue weighted by Gasteiger charge is 2.23. The number of carbonyl (C=O) groups is 1. The maximum atomic E-state index is 12.6. The van der Waals surface area contributed by atoms with Crippen molar-refractivity contribution >= 4 is 34.3 Å². The van der Waals surface area contributed by atoms with Gasteiger partial charge in [-0.15, -0.1) is 11.3 Å².